The summed E-state index contributed by atoms with van der Waals surface area (Å²) in [7, 11) is 0. The molecule has 0 bridgehead atoms. The van der Waals surface area contributed by atoms with Crippen LogP contribution < -0.4 is 0 Å². The Bertz CT molecular complexity index is 535. The minimum atomic E-state index is -0.561. The van der Waals surface area contributed by atoms with Crippen LogP contribution >= 0.6 is 0 Å². The van der Waals surface area contributed by atoms with E-state index in [2.05, 4.69) is 41.5 Å². The lowest BCUT2D eigenvalue weighted by Gasteiger charge is -2.31. The summed E-state index contributed by atoms with van der Waals surface area (Å²) in [5.74, 6) is -0.564. The average Bonchev–Trinajstić information content (AvgIpc) is 2.73. The summed E-state index contributed by atoms with van der Waals surface area (Å²) in [4.78, 5) is 24.8. The lowest BCUT2D eigenvalue weighted by atomic mass is 9.98. The summed E-state index contributed by atoms with van der Waals surface area (Å²) in [5, 5.41) is 0. The molecule has 0 radical (unpaired) electrons. The van der Waals surface area contributed by atoms with Gasteiger partial charge in [-0.25, -0.2) is 0 Å². The number of carbonyl (C=O) groups excluding carboxylic acids is 2. The zero-order valence-electron chi connectivity index (χ0n) is 23.2. The second-order valence-corrected chi connectivity index (χ2v) is 10.8. The van der Waals surface area contributed by atoms with Crippen LogP contribution in [0.15, 0.2) is 0 Å². The fourth-order valence-corrected chi connectivity index (χ4v) is 2.92. The minimum absolute atomic E-state index is 0.176. The molecule has 0 fully saturated rings. The Morgan fingerprint density at radius 3 is 1.18 bits per heavy atom. The van der Waals surface area contributed by atoms with Crippen molar-refractivity contribution in [1.82, 2.24) is 0 Å². The van der Waals surface area contributed by atoms with Gasteiger partial charge >= 0.3 is 11.9 Å². The SMILES string of the molecule is CCC(C)(C)OCCC(C)(CC)OC(=O)CCCC(=O)OC(C)(CC)CCOC(C)(C)CC. The minimum Gasteiger partial charge on any atom is -0.459 e. The molecule has 0 aliphatic carbocycles. The molecule has 0 spiro atoms. The molecule has 2 atom stereocenters. The normalized spacial score (nSPS) is 16.1. The summed E-state index contributed by atoms with van der Waals surface area (Å²) >= 11 is 0. The molecule has 0 rings (SSSR count). The van der Waals surface area contributed by atoms with Crippen LogP contribution in [0.1, 0.15) is 127 Å². The van der Waals surface area contributed by atoms with Gasteiger partial charge in [0.05, 0.1) is 24.4 Å². The highest BCUT2D eigenvalue weighted by molar-refractivity contribution is 5.73. The lowest BCUT2D eigenvalue weighted by Crippen LogP contribution is -2.35. The zero-order valence-corrected chi connectivity index (χ0v) is 23.2. The smallest absolute Gasteiger partial charge is 0.306 e. The molecule has 0 aromatic carbocycles. The monoisotopic (exact) mass is 472 g/mol. The molecule has 0 aliphatic rings. The third-order valence-corrected chi connectivity index (χ3v) is 6.93. The molecule has 0 saturated heterocycles. The Hall–Kier alpha value is -1.14. The molecular formula is C27H52O6. The number of hydrogen-bond acceptors (Lipinski definition) is 6. The maximum Gasteiger partial charge on any atom is 0.306 e. The molecule has 6 nitrogen and oxygen atoms in total. The van der Waals surface area contributed by atoms with Crippen LogP contribution in [0.25, 0.3) is 0 Å². The largest absolute Gasteiger partial charge is 0.459 e. The zero-order chi connectivity index (χ0) is 25.8. The first-order chi connectivity index (χ1) is 15.2. The van der Waals surface area contributed by atoms with Crippen molar-refractivity contribution < 1.29 is 28.5 Å². The van der Waals surface area contributed by atoms with E-state index in [4.69, 9.17) is 18.9 Å². The number of esters is 2. The highest BCUT2D eigenvalue weighted by atomic mass is 16.6. The van der Waals surface area contributed by atoms with Crippen molar-refractivity contribution in [1.29, 1.82) is 0 Å². The molecule has 0 aromatic rings. The van der Waals surface area contributed by atoms with E-state index < -0.39 is 11.2 Å². The first-order valence-electron chi connectivity index (χ1n) is 12.9. The molecule has 0 N–H and O–H groups in total. The fourth-order valence-electron chi connectivity index (χ4n) is 2.92. The lowest BCUT2D eigenvalue weighted by molar-refractivity contribution is -0.163. The first kappa shape index (κ1) is 31.9. The van der Waals surface area contributed by atoms with Gasteiger partial charge in [0, 0.05) is 25.7 Å². The van der Waals surface area contributed by atoms with Gasteiger partial charge in [-0.15, -0.1) is 0 Å². The maximum absolute atomic E-state index is 12.4. The predicted molar refractivity (Wildman–Crippen MR) is 133 cm³/mol. The van der Waals surface area contributed by atoms with Gasteiger partial charge in [0.25, 0.3) is 0 Å². The molecule has 0 aliphatic heterocycles. The van der Waals surface area contributed by atoms with Crippen molar-refractivity contribution in [2.75, 3.05) is 13.2 Å². The van der Waals surface area contributed by atoms with Crippen LogP contribution in [0, 0.1) is 0 Å². The van der Waals surface area contributed by atoms with Crippen molar-refractivity contribution >= 4 is 11.9 Å². The van der Waals surface area contributed by atoms with Gasteiger partial charge in [0.15, 0.2) is 0 Å². The predicted octanol–water partition coefficient (Wildman–Crippen LogP) is 6.77. The standard InChI is InChI=1S/C27H52O6/c1-11-24(5,6)30-20-18-26(9,13-3)32-22(28)16-15-17-23(29)33-27(10,14-4)19-21-31-25(7,8)12-2/h11-21H2,1-10H3. The van der Waals surface area contributed by atoms with E-state index in [9.17, 15) is 9.59 Å². The molecule has 0 amide bonds. The van der Waals surface area contributed by atoms with Crippen LogP contribution in [-0.2, 0) is 28.5 Å². The summed E-state index contributed by atoms with van der Waals surface area (Å²) in [6.07, 6.45) is 5.37. The van der Waals surface area contributed by atoms with Crippen LogP contribution in [0.4, 0.5) is 0 Å². The Morgan fingerprint density at radius 1 is 0.576 bits per heavy atom. The van der Waals surface area contributed by atoms with Gasteiger partial charge in [0.2, 0.25) is 0 Å². The topological polar surface area (TPSA) is 71.1 Å². The molecule has 2 unspecified atom stereocenters. The molecule has 0 aromatic heterocycles. The fraction of sp³-hybridized carbons (Fsp3) is 0.926. The van der Waals surface area contributed by atoms with Crippen molar-refractivity contribution in [2.24, 2.45) is 0 Å². The quantitative estimate of drug-likeness (QED) is 0.205. The van der Waals surface area contributed by atoms with E-state index >= 15 is 0 Å². The van der Waals surface area contributed by atoms with Crippen LogP contribution in [0.5, 0.6) is 0 Å². The second kappa shape index (κ2) is 14.3. The van der Waals surface area contributed by atoms with Crippen LogP contribution in [-0.4, -0.2) is 47.6 Å². The van der Waals surface area contributed by atoms with Crippen LogP contribution in [0.2, 0.25) is 0 Å². The average molecular weight is 473 g/mol. The molecule has 33 heavy (non-hydrogen) atoms. The number of hydrogen-bond donors (Lipinski definition) is 0. The van der Waals surface area contributed by atoms with Crippen molar-refractivity contribution in [3.63, 3.8) is 0 Å². The summed E-state index contributed by atoms with van der Waals surface area (Å²) in [5.41, 5.74) is -1.47. The highest BCUT2D eigenvalue weighted by Gasteiger charge is 2.30. The van der Waals surface area contributed by atoms with E-state index in [0.29, 0.717) is 45.3 Å². The number of carbonyl (C=O) groups is 2. The van der Waals surface area contributed by atoms with Crippen molar-refractivity contribution in [3.05, 3.63) is 0 Å². The van der Waals surface area contributed by atoms with E-state index in [1.165, 1.54) is 0 Å². The van der Waals surface area contributed by atoms with E-state index in [0.717, 1.165) is 12.8 Å². The molecule has 0 saturated carbocycles. The first-order valence-corrected chi connectivity index (χ1v) is 12.9. The summed E-state index contributed by atoms with van der Waals surface area (Å²) in [6.45, 7) is 21.4. The third-order valence-electron chi connectivity index (χ3n) is 6.93. The van der Waals surface area contributed by atoms with Crippen LogP contribution in [0.3, 0.4) is 0 Å². The van der Waals surface area contributed by atoms with E-state index in [1.807, 2.05) is 27.7 Å². The van der Waals surface area contributed by atoms with Crippen molar-refractivity contribution in [3.8, 4) is 0 Å². The van der Waals surface area contributed by atoms with E-state index in [-0.39, 0.29) is 36.0 Å². The van der Waals surface area contributed by atoms with Gasteiger partial charge in [0.1, 0.15) is 11.2 Å². The Morgan fingerprint density at radius 2 is 0.909 bits per heavy atom. The Kier molecular flexibility index (Phi) is 13.8. The third kappa shape index (κ3) is 14.0. The Labute approximate surface area is 203 Å². The van der Waals surface area contributed by atoms with Gasteiger partial charge < -0.3 is 18.9 Å². The second-order valence-electron chi connectivity index (χ2n) is 10.8. The Balaban J connectivity index is 4.44. The molecule has 6 heteroatoms. The highest BCUT2D eigenvalue weighted by Crippen LogP contribution is 2.25. The molecule has 0 heterocycles. The summed E-state index contributed by atoms with van der Waals surface area (Å²) in [6, 6.07) is 0. The van der Waals surface area contributed by atoms with Gasteiger partial charge in [-0.1, -0.05) is 27.7 Å². The van der Waals surface area contributed by atoms with E-state index in [1.54, 1.807) is 0 Å². The number of ether oxygens (including phenoxy) is 4. The number of rotatable bonds is 18. The van der Waals surface area contributed by atoms with Gasteiger partial charge in [-0.3, -0.25) is 9.59 Å². The van der Waals surface area contributed by atoms with Gasteiger partial charge in [-0.05, 0) is 73.6 Å². The van der Waals surface area contributed by atoms with Crippen molar-refractivity contribution in [2.45, 2.75) is 149 Å². The van der Waals surface area contributed by atoms with Gasteiger partial charge in [-0.2, -0.15) is 0 Å². The maximum atomic E-state index is 12.4. The molecule has 196 valence electrons. The summed E-state index contributed by atoms with van der Waals surface area (Å²) < 4.78 is 23.3. The molecular weight excluding hydrogens is 420 g/mol.